The first-order chi connectivity index (χ1) is 8.90. The Morgan fingerprint density at radius 1 is 1.40 bits per heavy atom. The van der Waals surface area contributed by atoms with Gasteiger partial charge >= 0.3 is 29.6 Å². The summed E-state index contributed by atoms with van der Waals surface area (Å²) in [5, 5.41) is 13.3. The van der Waals surface area contributed by atoms with Crippen LogP contribution >= 0.6 is 0 Å². The number of hydrogen-bond donors (Lipinski definition) is 1. The van der Waals surface area contributed by atoms with Gasteiger partial charge in [-0.25, -0.2) is 4.39 Å². The van der Waals surface area contributed by atoms with Crippen molar-refractivity contribution in [1.82, 2.24) is 5.32 Å². The van der Waals surface area contributed by atoms with Crippen LogP contribution in [0, 0.1) is 24.6 Å². The Morgan fingerprint density at radius 3 is 2.55 bits per heavy atom. The number of carboxylic acids is 1. The van der Waals surface area contributed by atoms with Gasteiger partial charge in [0.15, 0.2) is 0 Å². The quantitative estimate of drug-likeness (QED) is 0.633. The molecule has 1 aromatic carbocycles. The average Bonchev–Trinajstić information content (AvgIpc) is 3.12. The Morgan fingerprint density at radius 2 is 2.05 bits per heavy atom. The number of carbonyl (C=O) groups excluding carboxylic acids is 2. The van der Waals surface area contributed by atoms with Crippen molar-refractivity contribution < 1.29 is 48.6 Å². The van der Waals surface area contributed by atoms with Gasteiger partial charge in [0.05, 0.1) is 6.04 Å². The maximum atomic E-state index is 13.1. The minimum absolute atomic E-state index is 0. The van der Waals surface area contributed by atoms with Gasteiger partial charge in [-0.2, -0.15) is 0 Å². The smallest absolute Gasteiger partial charge is 0.550 e. The largest absolute Gasteiger partial charge is 1.00 e. The van der Waals surface area contributed by atoms with E-state index in [1.54, 1.807) is 26.0 Å². The third-order valence-corrected chi connectivity index (χ3v) is 3.47. The number of carbonyl (C=O) groups is 2. The van der Waals surface area contributed by atoms with Gasteiger partial charge in [0.25, 0.3) is 0 Å². The van der Waals surface area contributed by atoms with Gasteiger partial charge in [-0.1, -0.05) is 12.1 Å². The molecule has 1 aromatic rings. The van der Waals surface area contributed by atoms with Gasteiger partial charge in [0.2, 0.25) is 5.91 Å². The molecule has 0 aromatic heterocycles. The number of hydrogen-bond acceptors (Lipinski definition) is 3. The second-order valence-corrected chi connectivity index (χ2v) is 5.01. The van der Waals surface area contributed by atoms with Gasteiger partial charge in [0.1, 0.15) is 5.82 Å². The molecule has 6 heteroatoms. The molecule has 1 aliphatic carbocycles. The summed E-state index contributed by atoms with van der Waals surface area (Å²) in [5.74, 6) is -2.91. The van der Waals surface area contributed by atoms with Crippen LogP contribution in [0.1, 0.15) is 30.5 Å². The number of aliphatic carboxylic acids is 1. The van der Waals surface area contributed by atoms with Crippen molar-refractivity contribution in [2.24, 2.45) is 11.8 Å². The molecular formula is C14H15FNNaO3. The summed E-state index contributed by atoms with van der Waals surface area (Å²) in [4.78, 5) is 22.4. The zero-order valence-electron chi connectivity index (χ0n) is 11.8. The van der Waals surface area contributed by atoms with E-state index in [0.717, 1.165) is 5.56 Å². The molecule has 0 saturated heterocycles. The zero-order valence-corrected chi connectivity index (χ0v) is 13.8. The molecule has 2 rings (SSSR count). The average molecular weight is 287 g/mol. The standard InChI is InChI=1S/C14H16FNO3.Na/c1-7-5-9(3-4-12(7)15)8(2)16-13(17)10-6-11(10)14(18)19;/h3-5,8,10-11H,6H2,1-2H3,(H,16,17)(H,18,19);/q;+1/p-1/t8-,10-,11+;/m1./s1. The molecule has 102 valence electrons. The molecule has 1 amide bonds. The van der Waals surface area contributed by atoms with Gasteiger partial charge < -0.3 is 15.2 Å². The summed E-state index contributed by atoms with van der Waals surface area (Å²) in [7, 11) is 0. The van der Waals surface area contributed by atoms with E-state index in [-0.39, 0.29) is 47.3 Å². The molecule has 1 aliphatic rings. The number of halogens is 1. The van der Waals surface area contributed by atoms with Gasteiger partial charge in [0, 0.05) is 17.8 Å². The summed E-state index contributed by atoms with van der Waals surface area (Å²) in [5.41, 5.74) is 1.30. The molecular weight excluding hydrogens is 272 g/mol. The SMILES string of the molecule is Cc1cc([C@@H](C)NC(=O)[C@@H]2C[C@@H]2C(=O)[O-])ccc1F.[Na+]. The van der Waals surface area contributed by atoms with E-state index in [1.165, 1.54) is 6.07 Å². The van der Waals surface area contributed by atoms with Crippen molar-refractivity contribution in [3.63, 3.8) is 0 Å². The third-order valence-electron chi connectivity index (χ3n) is 3.47. The normalized spacial score (nSPS) is 21.6. The van der Waals surface area contributed by atoms with E-state index in [1.807, 2.05) is 0 Å². The molecule has 3 atom stereocenters. The van der Waals surface area contributed by atoms with Crippen molar-refractivity contribution in [2.75, 3.05) is 0 Å². The topological polar surface area (TPSA) is 69.2 Å². The van der Waals surface area contributed by atoms with Crippen LogP contribution < -0.4 is 40.0 Å². The van der Waals surface area contributed by atoms with E-state index in [2.05, 4.69) is 5.32 Å². The molecule has 1 saturated carbocycles. The first-order valence-electron chi connectivity index (χ1n) is 6.17. The van der Waals surface area contributed by atoms with E-state index in [0.29, 0.717) is 12.0 Å². The fourth-order valence-corrected chi connectivity index (χ4v) is 2.09. The minimum atomic E-state index is -1.18. The van der Waals surface area contributed by atoms with Crippen LogP contribution in [-0.4, -0.2) is 11.9 Å². The molecule has 0 spiro atoms. The summed E-state index contributed by atoms with van der Waals surface area (Å²) < 4.78 is 13.1. The molecule has 1 fully saturated rings. The van der Waals surface area contributed by atoms with Crippen molar-refractivity contribution in [1.29, 1.82) is 0 Å². The summed E-state index contributed by atoms with van der Waals surface area (Å²) in [6, 6.07) is 4.35. The second-order valence-electron chi connectivity index (χ2n) is 5.01. The van der Waals surface area contributed by atoms with Crippen LogP contribution in [-0.2, 0) is 9.59 Å². The maximum Gasteiger partial charge on any atom is 1.00 e. The van der Waals surface area contributed by atoms with E-state index in [9.17, 15) is 19.1 Å². The Bertz CT molecular complexity index is 535. The zero-order chi connectivity index (χ0) is 14.2. The maximum absolute atomic E-state index is 13.1. The first-order valence-corrected chi connectivity index (χ1v) is 6.17. The van der Waals surface area contributed by atoms with Crippen LogP contribution in [0.25, 0.3) is 0 Å². The van der Waals surface area contributed by atoms with Crippen molar-refractivity contribution in [3.05, 3.63) is 35.1 Å². The van der Waals surface area contributed by atoms with Crippen LogP contribution in [0.5, 0.6) is 0 Å². The van der Waals surface area contributed by atoms with Crippen LogP contribution in [0.3, 0.4) is 0 Å². The van der Waals surface area contributed by atoms with E-state index < -0.39 is 17.8 Å². The Hall–Kier alpha value is -0.910. The van der Waals surface area contributed by atoms with Crippen LogP contribution in [0.15, 0.2) is 18.2 Å². The fourth-order valence-electron chi connectivity index (χ4n) is 2.09. The predicted molar refractivity (Wildman–Crippen MR) is 64.3 cm³/mol. The van der Waals surface area contributed by atoms with Gasteiger partial charge in [-0.3, -0.25) is 4.79 Å². The van der Waals surface area contributed by atoms with Crippen molar-refractivity contribution in [3.8, 4) is 0 Å². The van der Waals surface area contributed by atoms with Crippen molar-refractivity contribution in [2.45, 2.75) is 26.3 Å². The Kier molecular flexibility index (Phi) is 5.74. The Balaban J connectivity index is 0.00000200. The number of nitrogens with one attached hydrogen (secondary N) is 1. The van der Waals surface area contributed by atoms with Gasteiger partial charge in [-0.05, 0) is 37.5 Å². The number of aryl methyl sites for hydroxylation is 1. The third kappa shape index (κ3) is 3.81. The molecule has 4 nitrogen and oxygen atoms in total. The monoisotopic (exact) mass is 287 g/mol. The molecule has 0 heterocycles. The number of amides is 1. The fraction of sp³-hybridized carbons (Fsp3) is 0.429. The second kappa shape index (κ2) is 6.70. The van der Waals surface area contributed by atoms with Crippen LogP contribution in [0.2, 0.25) is 0 Å². The number of carboxylic acid groups (broad SMARTS) is 1. The number of benzene rings is 1. The molecule has 0 unspecified atom stereocenters. The van der Waals surface area contributed by atoms with E-state index in [4.69, 9.17) is 0 Å². The number of rotatable bonds is 4. The van der Waals surface area contributed by atoms with Crippen LogP contribution in [0.4, 0.5) is 4.39 Å². The molecule has 1 N–H and O–H groups in total. The Labute approximate surface area is 139 Å². The van der Waals surface area contributed by atoms with Gasteiger partial charge in [-0.15, -0.1) is 0 Å². The first kappa shape index (κ1) is 17.1. The van der Waals surface area contributed by atoms with E-state index >= 15 is 0 Å². The molecule has 0 aliphatic heterocycles. The molecule has 0 radical (unpaired) electrons. The summed E-state index contributed by atoms with van der Waals surface area (Å²) in [6.45, 7) is 3.43. The summed E-state index contributed by atoms with van der Waals surface area (Å²) >= 11 is 0. The molecule has 20 heavy (non-hydrogen) atoms. The molecule has 0 bridgehead atoms. The minimum Gasteiger partial charge on any atom is -0.550 e. The van der Waals surface area contributed by atoms with Crippen molar-refractivity contribution >= 4 is 11.9 Å². The predicted octanol–water partition coefficient (Wildman–Crippen LogP) is -2.30. The summed E-state index contributed by atoms with van der Waals surface area (Å²) in [6.07, 6.45) is 0.337.